The monoisotopic (exact) mass is 454 g/mol. The summed E-state index contributed by atoms with van der Waals surface area (Å²) in [7, 11) is 0. The summed E-state index contributed by atoms with van der Waals surface area (Å²) in [4.78, 5) is 5.69. The Morgan fingerprint density at radius 2 is 2.04 bits per heavy atom. The van der Waals surface area contributed by atoms with Gasteiger partial charge in [0.2, 0.25) is 0 Å². The van der Waals surface area contributed by atoms with Crippen LogP contribution in [-0.4, -0.2) is 42.7 Å². The average Bonchev–Trinajstić information content (AvgIpc) is 3.05. The zero-order valence-electron chi connectivity index (χ0n) is 13.3. The number of guanidine groups is 1. The molecule has 1 aromatic rings. The van der Waals surface area contributed by atoms with Crippen molar-refractivity contribution in [3.05, 3.63) is 29.3 Å². The number of aryl methyl sites for hydroxylation is 2. The second-order valence-electron chi connectivity index (χ2n) is 6.27. The van der Waals surface area contributed by atoms with Gasteiger partial charge in [-0.1, -0.05) is 6.07 Å². The summed E-state index contributed by atoms with van der Waals surface area (Å²) in [5.74, 6) is 0.266. The predicted molar refractivity (Wildman–Crippen MR) is 100 cm³/mol. The highest BCUT2D eigenvalue weighted by Crippen LogP contribution is 2.25. The molecule has 8 heteroatoms. The number of nitrogens with two attached hydrogens (primary N) is 1. The van der Waals surface area contributed by atoms with Crippen molar-refractivity contribution in [2.75, 3.05) is 25.0 Å². The number of benzene rings is 1. The lowest BCUT2D eigenvalue weighted by molar-refractivity contribution is -0.143. The van der Waals surface area contributed by atoms with E-state index >= 15 is 0 Å². The van der Waals surface area contributed by atoms with Gasteiger partial charge in [0.05, 0.1) is 12.6 Å². The van der Waals surface area contributed by atoms with Crippen molar-refractivity contribution in [2.24, 2.45) is 10.7 Å². The maximum absolute atomic E-state index is 12.4. The van der Waals surface area contributed by atoms with E-state index < -0.39 is 12.7 Å². The maximum atomic E-state index is 12.4. The van der Waals surface area contributed by atoms with Gasteiger partial charge in [0, 0.05) is 18.8 Å². The van der Waals surface area contributed by atoms with Crippen LogP contribution in [0, 0.1) is 0 Å². The standard InChI is InChI=1S/C16H21F3N4.HI/c17-16(18,19)10-23-7-6-14(9-23)22-15(20)21-13-5-4-11-2-1-3-12(11)8-13;/h4-5,8,14H,1-3,6-7,9-10H2,(H3,20,21,22);1H. The molecule has 0 radical (unpaired) electrons. The summed E-state index contributed by atoms with van der Waals surface area (Å²) in [6, 6.07) is 5.96. The molecular formula is C16H22F3IN4. The van der Waals surface area contributed by atoms with Crippen molar-refractivity contribution in [1.82, 2.24) is 4.90 Å². The summed E-state index contributed by atoms with van der Waals surface area (Å²) in [5, 5.41) is 3.05. The van der Waals surface area contributed by atoms with Gasteiger partial charge in [0.25, 0.3) is 0 Å². The van der Waals surface area contributed by atoms with Gasteiger partial charge < -0.3 is 11.1 Å². The first-order chi connectivity index (χ1) is 10.9. The first-order valence-electron chi connectivity index (χ1n) is 7.90. The summed E-state index contributed by atoms with van der Waals surface area (Å²) < 4.78 is 37.1. The summed E-state index contributed by atoms with van der Waals surface area (Å²) in [5.41, 5.74) is 9.50. The lowest BCUT2D eigenvalue weighted by Gasteiger charge is -2.17. The second kappa shape index (κ2) is 7.90. The smallest absolute Gasteiger partial charge is 0.370 e. The SMILES string of the molecule is I.NC(=NC1CCN(CC(F)(F)F)C1)Nc1ccc2c(c1)CCC2. The van der Waals surface area contributed by atoms with Crippen LogP contribution in [0.1, 0.15) is 24.0 Å². The van der Waals surface area contributed by atoms with E-state index in [1.807, 2.05) is 6.07 Å². The molecule has 0 spiro atoms. The van der Waals surface area contributed by atoms with E-state index in [0.29, 0.717) is 19.5 Å². The highest BCUT2D eigenvalue weighted by Gasteiger charge is 2.34. The average molecular weight is 454 g/mol. The zero-order valence-corrected chi connectivity index (χ0v) is 15.6. The molecular weight excluding hydrogens is 432 g/mol. The molecule has 2 aliphatic rings. The minimum atomic E-state index is -4.16. The van der Waals surface area contributed by atoms with Crippen LogP contribution in [0.25, 0.3) is 0 Å². The van der Waals surface area contributed by atoms with E-state index in [-0.39, 0.29) is 36.0 Å². The molecule has 1 heterocycles. The van der Waals surface area contributed by atoms with Gasteiger partial charge in [-0.15, -0.1) is 24.0 Å². The number of nitrogens with one attached hydrogen (secondary N) is 1. The van der Waals surface area contributed by atoms with Crippen LogP contribution in [-0.2, 0) is 12.8 Å². The van der Waals surface area contributed by atoms with Crippen LogP contribution >= 0.6 is 24.0 Å². The highest BCUT2D eigenvalue weighted by atomic mass is 127. The van der Waals surface area contributed by atoms with Crippen LogP contribution in [0.3, 0.4) is 0 Å². The Bertz CT molecular complexity index is 603. The molecule has 134 valence electrons. The third-order valence-electron chi connectivity index (χ3n) is 4.34. The molecule has 1 atom stereocenters. The van der Waals surface area contributed by atoms with Crippen LogP contribution in [0.5, 0.6) is 0 Å². The molecule has 1 aromatic carbocycles. The van der Waals surface area contributed by atoms with Crippen LogP contribution < -0.4 is 11.1 Å². The molecule has 0 aromatic heterocycles. The largest absolute Gasteiger partial charge is 0.401 e. The molecule has 0 amide bonds. The normalized spacial score (nSPS) is 21.5. The zero-order chi connectivity index (χ0) is 16.4. The molecule has 24 heavy (non-hydrogen) atoms. The summed E-state index contributed by atoms with van der Waals surface area (Å²) >= 11 is 0. The summed E-state index contributed by atoms with van der Waals surface area (Å²) in [6.45, 7) is -0.178. The molecule has 3 rings (SSSR count). The van der Waals surface area contributed by atoms with Crippen molar-refractivity contribution in [1.29, 1.82) is 0 Å². The second-order valence-corrected chi connectivity index (χ2v) is 6.27. The molecule has 1 aliphatic carbocycles. The van der Waals surface area contributed by atoms with Gasteiger partial charge in [-0.2, -0.15) is 13.2 Å². The first-order valence-corrected chi connectivity index (χ1v) is 7.90. The van der Waals surface area contributed by atoms with E-state index in [1.165, 1.54) is 22.4 Å². The Morgan fingerprint density at radius 3 is 2.79 bits per heavy atom. The van der Waals surface area contributed by atoms with E-state index in [2.05, 4.69) is 22.4 Å². The van der Waals surface area contributed by atoms with Gasteiger partial charge in [0.15, 0.2) is 5.96 Å². The first kappa shape index (κ1) is 19.3. The predicted octanol–water partition coefficient (Wildman–Crippen LogP) is 3.16. The topological polar surface area (TPSA) is 53.6 Å². The van der Waals surface area contributed by atoms with Crippen molar-refractivity contribution in [3.63, 3.8) is 0 Å². The number of hydrogen-bond acceptors (Lipinski definition) is 2. The van der Waals surface area contributed by atoms with E-state index in [0.717, 1.165) is 18.5 Å². The molecule has 4 nitrogen and oxygen atoms in total. The fourth-order valence-electron chi connectivity index (χ4n) is 3.34. The number of alkyl halides is 3. The third-order valence-corrected chi connectivity index (χ3v) is 4.34. The van der Waals surface area contributed by atoms with E-state index in [1.54, 1.807) is 0 Å². The molecule has 0 bridgehead atoms. The van der Waals surface area contributed by atoms with Gasteiger partial charge >= 0.3 is 6.18 Å². The van der Waals surface area contributed by atoms with Crippen molar-refractivity contribution in [2.45, 2.75) is 37.9 Å². The number of hydrogen-bond donors (Lipinski definition) is 2. The Morgan fingerprint density at radius 1 is 1.29 bits per heavy atom. The Labute approximate surface area is 156 Å². The minimum Gasteiger partial charge on any atom is -0.370 e. The number of halogens is 4. The van der Waals surface area contributed by atoms with Crippen LogP contribution in [0.4, 0.5) is 18.9 Å². The Kier molecular flexibility index (Phi) is 6.35. The van der Waals surface area contributed by atoms with Crippen molar-refractivity contribution < 1.29 is 13.2 Å². The van der Waals surface area contributed by atoms with Gasteiger partial charge in [-0.05, 0) is 48.9 Å². The molecule has 1 aliphatic heterocycles. The number of aliphatic imine (C=N–C) groups is 1. The number of fused-ring (bicyclic) bond motifs is 1. The maximum Gasteiger partial charge on any atom is 0.401 e. The van der Waals surface area contributed by atoms with Gasteiger partial charge in [-0.3, -0.25) is 4.90 Å². The molecule has 1 saturated heterocycles. The lowest BCUT2D eigenvalue weighted by Crippen LogP contribution is -2.33. The van der Waals surface area contributed by atoms with Crippen LogP contribution in [0.15, 0.2) is 23.2 Å². The van der Waals surface area contributed by atoms with E-state index in [9.17, 15) is 13.2 Å². The Balaban J connectivity index is 0.00000208. The van der Waals surface area contributed by atoms with Crippen molar-refractivity contribution in [3.8, 4) is 0 Å². The highest BCUT2D eigenvalue weighted by molar-refractivity contribution is 14.0. The number of anilines is 1. The fourth-order valence-corrected chi connectivity index (χ4v) is 3.34. The van der Waals surface area contributed by atoms with Gasteiger partial charge in [0.1, 0.15) is 0 Å². The summed E-state index contributed by atoms with van der Waals surface area (Å²) in [6.07, 6.45) is -0.178. The number of likely N-dealkylation sites (tertiary alicyclic amines) is 1. The number of nitrogens with zero attached hydrogens (tertiary/aromatic N) is 2. The van der Waals surface area contributed by atoms with Crippen LogP contribution in [0.2, 0.25) is 0 Å². The van der Waals surface area contributed by atoms with E-state index in [4.69, 9.17) is 5.73 Å². The minimum absolute atomic E-state index is 0. The molecule has 1 fully saturated rings. The van der Waals surface area contributed by atoms with Gasteiger partial charge in [-0.25, -0.2) is 4.99 Å². The van der Waals surface area contributed by atoms with Crippen molar-refractivity contribution >= 4 is 35.6 Å². The number of rotatable bonds is 3. The quantitative estimate of drug-likeness (QED) is 0.419. The lowest BCUT2D eigenvalue weighted by atomic mass is 10.1. The molecule has 3 N–H and O–H groups in total. The molecule has 0 saturated carbocycles. The molecule has 1 unspecified atom stereocenters. The third kappa shape index (κ3) is 5.23. The Hall–Kier alpha value is -1.03. The fraction of sp³-hybridized carbons (Fsp3) is 0.562.